The van der Waals surface area contributed by atoms with E-state index < -0.39 is 36.9 Å². The molecule has 4 nitrogen and oxygen atoms in total. The lowest BCUT2D eigenvalue weighted by Gasteiger charge is -2.14. The molecule has 0 rings (SSSR count). The fourth-order valence-electron chi connectivity index (χ4n) is 0.695. The molecule has 1 unspecified atom stereocenters. The van der Waals surface area contributed by atoms with Crippen LogP contribution in [-0.2, 0) is 9.59 Å². The summed E-state index contributed by atoms with van der Waals surface area (Å²) in [6.45, 7) is 0. The summed E-state index contributed by atoms with van der Waals surface area (Å²) in [6, 6.07) is 0. The van der Waals surface area contributed by atoms with Crippen LogP contribution >= 0.6 is 0 Å². The molecule has 0 aliphatic carbocycles. The average molecular weight is 200 g/mol. The summed E-state index contributed by atoms with van der Waals surface area (Å²) in [4.78, 5) is 19.9. The van der Waals surface area contributed by atoms with Gasteiger partial charge in [-0.05, 0) is 6.42 Å². The number of carboxylic acids is 2. The zero-order valence-electron chi connectivity index (χ0n) is 6.34. The molecule has 0 heterocycles. The van der Waals surface area contributed by atoms with Gasteiger partial charge in [0.1, 0.15) is 0 Å². The van der Waals surface area contributed by atoms with E-state index in [1.54, 1.807) is 0 Å². The van der Waals surface area contributed by atoms with Gasteiger partial charge in [-0.1, -0.05) is 0 Å². The van der Waals surface area contributed by atoms with Crippen LogP contribution in [0.5, 0.6) is 0 Å². The number of carboxylic acid groups (broad SMARTS) is 2. The quantitative estimate of drug-likeness (QED) is 0.712. The van der Waals surface area contributed by atoms with Gasteiger partial charge in [-0.3, -0.25) is 9.59 Å². The Morgan fingerprint density at radius 1 is 1.23 bits per heavy atom. The summed E-state index contributed by atoms with van der Waals surface area (Å²) in [5.74, 6) is -6.09. The molecular formula is C6H7F3O4. The van der Waals surface area contributed by atoms with Crippen LogP contribution in [-0.4, -0.2) is 28.3 Å². The maximum Gasteiger partial charge on any atom is 0.402 e. The predicted octanol–water partition coefficient (Wildman–Crippen LogP) is 1.11. The molecular weight excluding hydrogens is 193 g/mol. The fraction of sp³-hybridized carbons (Fsp3) is 0.667. The first kappa shape index (κ1) is 11.7. The molecule has 76 valence electrons. The second-order valence-electron chi connectivity index (χ2n) is 2.36. The standard InChI is InChI=1S/C6H7F3O4/c7-6(8,9)3(5(12)13)1-2-4(10)11/h3H,1-2H2,(H,10,11)(H,12,13). The highest BCUT2D eigenvalue weighted by Gasteiger charge is 2.44. The molecule has 0 aromatic heterocycles. The molecule has 0 saturated carbocycles. The molecule has 0 aliphatic rings. The fourth-order valence-corrected chi connectivity index (χ4v) is 0.695. The minimum absolute atomic E-state index is 0.809. The Kier molecular flexibility index (Phi) is 3.70. The van der Waals surface area contributed by atoms with Crippen molar-refractivity contribution in [2.45, 2.75) is 19.0 Å². The first-order chi connectivity index (χ1) is 5.75. The number of aliphatic carboxylic acids is 2. The van der Waals surface area contributed by atoms with E-state index in [9.17, 15) is 22.8 Å². The average Bonchev–Trinajstić information content (AvgIpc) is 1.81. The zero-order valence-corrected chi connectivity index (χ0v) is 6.34. The van der Waals surface area contributed by atoms with Crippen LogP contribution in [0.3, 0.4) is 0 Å². The molecule has 13 heavy (non-hydrogen) atoms. The number of hydrogen-bond acceptors (Lipinski definition) is 2. The number of rotatable bonds is 4. The van der Waals surface area contributed by atoms with Crippen molar-refractivity contribution < 1.29 is 33.0 Å². The highest BCUT2D eigenvalue weighted by Crippen LogP contribution is 2.29. The van der Waals surface area contributed by atoms with Gasteiger partial charge in [0.25, 0.3) is 0 Å². The highest BCUT2D eigenvalue weighted by atomic mass is 19.4. The number of hydrogen-bond donors (Lipinski definition) is 2. The van der Waals surface area contributed by atoms with Gasteiger partial charge in [-0.2, -0.15) is 13.2 Å². The van der Waals surface area contributed by atoms with E-state index in [0.717, 1.165) is 0 Å². The first-order valence-corrected chi connectivity index (χ1v) is 3.26. The van der Waals surface area contributed by atoms with Crippen LogP contribution in [0.15, 0.2) is 0 Å². The van der Waals surface area contributed by atoms with Crippen molar-refractivity contribution in [1.82, 2.24) is 0 Å². The maximum absolute atomic E-state index is 11.8. The lowest BCUT2D eigenvalue weighted by Crippen LogP contribution is -2.31. The molecule has 1 atom stereocenters. The molecule has 0 fully saturated rings. The van der Waals surface area contributed by atoms with E-state index in [2.05, 4.69) is 0 Å². The number of alkyl halides is 3. The van der Waals surface area contributed by atoms with Crippen LogP contribution < -0.4 is 0 Å². The van der Waals surface area contributed by atoms with Crippen LogP contribution in [0.4, 0.5) is 13.2 Å². The molecule has 0 saturated heterocycles. The molecule has 0 bridgehead atoms. The Balaban J connectivity index is 4.28. The smallest absolute Gasteiger partial charge is 0.402 e. The lowest BCUT2D eigenvalue weighted by molar-refractivity contribution is -0.195. The molecule has 0 spiro atoms. The topological polar surface area (TPSA) is 74.6 Å². The van der Waals surface area contributed by atoms with Gasteiger partial charge >= 0.3 is 18.1 Å². The summed E-state index contributed by atoms with van der Waals surface area (Å²) in [5.41, 5.74) is 0. The molecule has 0 radical (unpaired) electrons. The van der Waals surface area contributed by atoms with Crippen molar-refractivity contribution in [1.29, 1.82) is 0 Å². The highest BCUT2D eigenvalue weighted by molar-refractivity contribution is 5.72. The summed E-state index contributed by atoms with van der Waals surface area (Å²) in [7, 11) is 0. The minimum atomic E-state index is -4.89. The van der Waals surface area contributed by atoms with E-state index in [1.807, 2.05) is 0 Å². The van der Waals surface area contributed by atoms with Crippen molar-refractivity contribution in [2.24, 2.45) is 5.92 Å². The Morgan fingerprint density at radius 2 is 1.69 bits per heavy atom. The summed E-state index contributed by atoms with van der Waals surface area (Å²) >= 11 is 0. The van der Waals surface area contributed by atoms with Gasteiger partial charge in [0.05, 0.1) is 0 Å². The van der Waals surface area contributed by atoms with Gasteiger partial charge in [0, 0.05) is 6.42 Å². The van der Waals surface area contributed by atoms with Crippen LogP contribution in [0.25, 0.3) is 0 Å². The largest absolute Gasteiger partial charge is 0.481 e. The summed E-state index contributed by atoms with van der Waals surface area (Å²) in [6.07, 6.45) is -6.63. The normalized spacial score (nSPS) is 13.8. The predicted molar refractivity (Wildman–Crippen MR) is 34.1 cm³/mol. The summed E-state index contributed by atoms with van der Waals surface area (Å²) < 4.78 is 35.5. The lowest BCUT2D eigenvalue weighted by atomic mass is 10.0. The van der Waals surface area contributed by atoms with Crippen LogP contribution in [0, 0.1) is 5.92 Å². The second kappa shape index (κ2) is 4.11. The van der Waals surface area contributed by atoms with E-state index in [-0.39, 0.29) is 0 Å². The number of carbonyl (C=O) groups is 2. The van der Waals surface area contributed by atoms with Crippen LogP contribution in [0.1, 0.15) is 12.8 Å². The Hall–Kier alpha value is -1.27. The van der Waals surface area contributed by atoms with E-state index in [4.69, 9.17) is 10.2 Å². The summed E-state index contributed by atoms with van der Waals surface area (Å²) in [5, 5.41) is 16.2. The van der Waals surface area contributed by atoms with Gasteiger partial charge in [-0.25, -0.2) is 0 Å². The molecule has 0 aromatic carbocycles. The van der Waals surface area contributed by atoms with Crippen LogP contribution in [0.2, 0.25) is 0 Å². The van der Waals surface area contributed by atoms with Gasteiger partial charge in [0.15, 0.2) is 5.92 Å². The Bertz CT molecular complexity index is 210. The van der Waals surface area contributed by atoms with Gasteiger partial charge in [-0.15, -0.1) is 0 Å². The van der Waals surface area contributed by atoms with E-state index in [0.29, 0.717) is 0 Å². The van der Waals surface area contributed by atoms with Gasteiger partial charge in [0.2, 0.25) is 0 Å². The SMILES string of the molecule is O=C(O)CCC(C(=O)O)C(F)(F)F. The third kappa shape index (κ3) is 4.34. The third-order valence-corrected chi connectivity index (χ3v) is 1.34. The van der Waals surface area contributed by atoms with Crippen molar-refractivity contribution >= 4 is 11.9 Å². The second-order valence-corrected chi connectivity index (χ2v) is 2.36. The van der Waals surface area contributed by atoms with Crippen molar-refractivity contribution in [2.75, 3.05) is 0 Å². The maximum atomic E-state index is 11.8. The molecule has 0 amide bonds. The molecule has 2 N–H and O–H groups in total. The first-order valence-electron chi connectivity index (χ1n) is 3.26. The van der Waals surface area contributed by atoms with Crippen molar-refractivity contribution in [3.8, 4) is 0 Å². The van der Waals surface area contributed by atoms with Crippen molar-refractivity contribution in [3.05, 3.63) is 0 Å². The molecule has 0 aliphatic heterocycles. The van der Waals surface area contributed by atoms with E-state index >= 15 is 0 Å². The van der Waals surface area contributed by atoms with E-state index in [1.165, 1.54) is 0 Å². The van der Waals surface area contributed by atoms with Gasteiger partial charge < -0.3 is 10.2 Å². The number of halogens is 3. The Morgan fingerprint density at radius 3 is 1.92 bits per heavy atom. The third-order valence-electron chi connectivity index (χ3n) is 1.34. The minimum Gasteiger partial charge on any atom is -0.481 e. The van der Waals surface area contributed by atoms with Crippen molar-refractivity contribution in [3.63, 3.8) is 0 Å². The molecule has 7 heteroatoms. The molecule has 0 aromatic rings. The zero-order chi connectivity index (χ0) is 10.6. The Labute approximate surface area is 71.0 Å². The monoisotopic (exact) mass is 200 g/mol.